The summed E-state index contributed by atoms with van der Waals surface area (Å²) < 4.78 is 5.33. The predicted octanol–water partition coefficient (Wildman–Crippen LogP) is 12.9. The maximum absolute atomic E-state index is 2.44. The van der Waals surface area contributed by atoms with Crippen molar-refractivity contribution in [2.45, 2.75) is 0 Å². The molecule has 2 heterocycles. The van der Waals surface area contributed by atoms with Crippen LogP contribution in [0.25, 0.3) is 68.2 Å². The fraction of sp³-hybridized carbons (Fsp3) is 0. The molecule has 0 aliphatic heterocycles. The predicted molar refractivity (Wildman–Crippen MR) is 197 cm³/mol. The molecule has 2 heteroatoms. The van der Waals surface area contributed by atoms with Crippen LogP contribution in [0.5, 0.6) is 0 Å². The highest BCUT2D eigenvalue weighted by Crippen LogP contribution is 2.48. The maximum atomic E-state index is 2.44. The number of thiophene rings is 2. The SMILES string of the molecule is C1=C\C=C\C=C\C=C/C(c2cc3c4cc(-c5ccccc5)ccc4sc3c3c2sc2ccc(-c4ccccc4)cc23)=C\C=C/1. The summed E-state index contributed by atoms with van der Waals surface area (Å²) >= 11 is 3.82. The molecule has 7 aromatic rings. The van der Waals surface area contributed by atoms with Crippen LogP contribution in [-0.4, -0.2) is 0 Å². The van der Waals surface area contributed by atoms with Gasteiger partial charge in [0.05, 0.1) is 0 Å². The highest BCUT2D eigenvalue weighted by molar-refractivity contribution is 7.30. The molecule has 5 aromatic carbocycles. The largest absolute Gasteiger partial charge is 0.134 e. The normalized spacial score (nSPS) is 18.4. The van der Waals surface area contributed by atoms with E-state index in [2.05, 4.69) is 164 Å². The molecule has 8 rings (SSSR count). The monoisotopic (exact) mass is 596 g/mol. The lowest BCUT2D eigenvalue weighted by atomic mass is 9.96. The molecule has 0 N–H and O–H groups in total. The van der Waals surface area contributed by atoms with Crippen LogP contribution >= 0.6 is 22.7 Å². The number of fused-ring (bicyclic) bond motifs is 7. The van der Waals surface area contributed by atoms with Crippen LogP contribution in [0.1, 0.15) is 5.56 Å². The Morgan fingerprint density at radius 1 is 0.386 bits per heavy atom. The molecule has 0 fully saturated rings. The molecule has 0 radical (unpaired) electrons. The number of hydrogen-bond acceptors (Lipinski definition) is 2. The highest BCUT2D eigenvalue weighted by atomic mass is 32.1. The summed E-state index contributed by atoms with van der Waals surface area (Å²) in [4.78, 5) is 0. The summed E-state index contributed by atoms with van der Waals surface area (Å²) in [6.45, 7) is 0. The smallest absolute Gasteiger partial charge is 0.0449 e. The van der Waals surface area contributed by atoms with Crippen molar-refractivity contribution in [3.8, 4) is 22.3 Å². The lowest BCUT2D eigenvalue weighted by Gasteiger charge is -2.08. The molecule has 0 atom stereocenters. The second kappa shape index (κ2) is 11.6. The van der Waals surface area contributed by atoms with Gasteiger partial charge in [0, 0.05) is 45.9 Å². The fourth-order valence-corrected chi connectivity index (χ4v) is 8.53. The highest BCUT2D eigenvalue weighted by Gasteiger charge is 2.19. The van der Waals surface area contributed by atoms with E-state index in [1.165, 1.54) is 73.7 Å². The molecule has 0 amide bonds. The first kappa shape index (κ1) is 26.6. The summed E-state index contributed by atoms with van der Waals surface area (Å²) in [6.07, 6.45) is 23.3. The van der Waals surface area contributed by atoms with Crippen LogP contribution in [0.3, 0.4) is 0 Å². The Morgan fingerprint density at radius 3 is 1.59 bits per heavy atom. The summed E-state index contributed by atoms with van der Waals surface area (Å²) in [5.41, 5.74) is 7.46. The molecule has 0 nitrogen and oxygen atoms in total. The van der Waals surface area contributed by atoms with Crippen LogP contribution in [-0.2, 0) is 0 Å². The van der Waals surface area contributed by atoms with E-state index in [0.29, 0.717) is 0 Å². The zero-order valence-corrected chi connectivity index (χ0v) is 25.6. The van der Waals surface area contributed by atoms with Gasteiger partial charge in [0.2, 0.25) is 0 Å². The third kappa shape index (κ3) is 4.89. The van der Waals surface area contributed by atoms with Gasteiger partial charge in [0.25, 0.3) is 0 Å². The van der Waals surface area contributed by atoms with Gasteiger partial charge in [0.1, 0.15) is 0 Å². The number of allylic oxidation sites excluding steroid dienone is 12. The third-order valence-corrected chi connectivity index (χ3v) is 10.5. The second-order valence-electron chi connectivity index (χ2n) is 10.9. The minimum absolute atomic E-state index is 1.20. The second-order valence-corrected chi connectivity index (χ2v) is 13.0. The van der Waals surface area contributed by atoms with Gasteiger partial charge in [-0.2, -0.15) is 0 Å². The van der Waals surface area contributed by atoms with Crippen molar-refractivity contribution in [3.05, 3.63) is 176 Å². The van der Waals surface area contributed by atoms with Crippen LogP contribution in [0.2, 0.25) is 0 Å². The summed E-state index contributed by atoms with van der Waals surface area (Å²) in [7, 11) is 0. The minimum Gasteiger partial charge on any atom is -0.134 e. The number of rotatable bonds is 3. The van der Waals surface area contributed by atoms with Crippen molar-refractivity contribution in [3.63, 3.8) is 0 Å². The lowest BCUT2D eigenvalue weighted by molar-refractivity contribution is 1.66. The van der Waals surface area contributed by atoms with Gasteiger partial charge in [-0.25, -0.2) is 0 Å². The first-order valence-corrected chi connectivity index (χ1v) is 16.5. The zero-order valence-electron chi connectivity index (χ0n) is 24.0. The van der Waals surface area contributed by atoms with Gasteiger partial charge >= 0.3 is 0 Å². The van der Waals surface area contributed by atoms with Crippen LogP contribution < -0.4 is 0 Å². The molecular formula is C42H28S2. The van der Waals surface area contributed by atoms with E-state index >= 15 is 0 Å². The van der Waals surface area contributed by atoms with E-state index in [0.717, 1.165) is 0 Å². The average Bonchev–Trinajstić information content (AvgIpc) is 3.63. The molecule has 1 aliphatic carbocycles. The molecule has 0 saturated carbocycles. The molecule has 2 aromatic heterocycles. The molecule has 0 unspecified atom stereocenters. The maximum Gasteiger partial charge on any atom is 0.0449 e. The van der Waals surface area contributed by atoms with E-state index < -0.39 is 0 Å². The Hall–Kier alpha value is -5.02. The average molecular weight is 597 g/mol. The summed E-state index contributed by atoms with van der Waals surface area (Å²) in [6, 6.07) is 37.8. The number of benzene rings is 5. The van der Waals surface area contributed by atoms with Crippen LogP contribution in [0.15, 0.2) is 170 Å². The van der Waals surface area contributed by atoms with E-state index in [9.17, 15) is 0 Å². The van der Waals surface area contributed by atoms with E-state index in [1.54, 1.807) is 0 Å². The van der Waals surface area contributed by atoms with Crippen molar-refractivity contribution in [1.29, 1.82) is 0 Å². The molecule has 1 aliphatic rings. The Balaban J connectivity index is 1.45. The fourth-order valence-electron chi connectivity index (χ4n) is 6.01. The standard InChI is InChI=1S/C42H28S2/c1-2-4-6-10-20-31(21-11-7-5-3-1)34-28-36-35-26-32(29-16-12-8-13-17-29)22-24-38(35)43-42(36)40-37-27-33(30-18-14-9-15-19-30)23-25-39(37)44-41(34)40/h1-28H/b2-1+,3-1?,4-2?,5-3-,6-4+,7-5?,10-6?,11-7-,20-10-,21-11?,31-20?,31-21+. The van der Waals surface area contributed by atoms with Gasteiger partial charge in [-0.3, -0.25) is 0 Å². The number of hydrogen-bond donors (Lipinski definition) is 0. The molecular weight excluding hydrogens is 569 g/mol. The quantitative estimate of drug-likeness (QED) is 0.190. The van der Waals surface area contributed by atoms with Crippen molar-refractivity contribution in [2.24, 2.45) is 0 Å². The van der Waals surface area contributed by atoms with E-state index in [4.69, 9.17) is 0 Å². The van der Waals surface area contributed by atoms with Crippen LogP contribution in [0.4, 0.5) is 0 Å². The third-order valence-electron chi connectivity index (χ3n) is 8.14. The van der Waals surface area contributed by atoms with Crippen LogP contribution in [0, 0.1) is 0 Å². The van der Waals surface area contributed by atoms with E-state index in [-0.39, 0.29) is 0 Å². The Morgan fingerprint density at radius 2 is 0.932 bits per heavy atom. The molecule has 0 spiro atoms. The van der Waals surface area contributed by atoms with Gasteiger partial charge < -0.3 is 0 Å². The van der Waals surface area contributed by atoms with E-state index in [1.807, 2.05) is 28.7 Å². The topological polar surface area (TPSA) is 0 Å². The zero-order chi connectivity index (χ0) is 29.3. The van der Waals surface area contributed by atoms with Gasteiger partial charge in [-0.1, -0.05) is 140 Å². The van der Waals surface area contributed by atoms with Gasteiger partial charge in [-0.15, -0.1) is 22.7 Å². The Labute approximate surface area is 265 Å². The summed E-state index contributed by atoms with van der Waals surface area (Å²) in [5, 5.41) is 5.32. The van der Waals surface area contributed by atoms with Crippen molar-refractivity contribution >= 4 is 68.6 Å². The first-order valence-electron chi connectivity index (χ1n) is 14.9. The molecule has 208 valence electrons. The Bertz CT molecular complexity index is 2350. The Kier molecular flexibility index (Phi) is 7.00. The van der Waals surface area contributed by atoms with Gasteiger partial charge in [-0.05, 0) is 58.2 Å². The molecule has 0 saturated heterocycles. The van der Waals surface area contributed by atoms with Gasteiger partial charge in [0.15, 0.2) is 0 Å². The summed E-state index contributed by atoms with van der Waals surface area (Å²) in [5.74, 6) is 0. The minimum atomic E-state index is 1.20. The van der Waals surface area contributed by atoms with Crippen molar-refractivity contribution < 1.29 is 0 Å². The van der Waals surface area contributed by atoms with Crippen molar-refractivity contribution in [2.75, 3.05) is 0 Å². The van der Waals surface area contributed by atoms with Crippen molar-refractivity contribution in [1.82, 2.24) is 0 Å². The lowest BCUT2D eigenvalue weighted by Crippen LogP contribution is -1.84. The first-order chi connectivity index (χ1) is 21.8. The molecule has 0 bridgehead atoms. The molecule has 44 heavy (non-hydrogen) atoms.